The summed E-state index contributed by atoms with van der Waals surface area (Å²) < 4.78 is 77.6. The summed E-state index contributed by atoms with van der Waals surface area (Å²) in [6.07, 6.45) is 10.8. The van der Waals surface area contributed by atoms with Gasteiger partial charge in [0.05, 0.1) is 19.0 Å². The molecule has 0 saturated carbocycles. The van der Waals surface area contributed by atoms with Crippen molar-refractivity contribution in [1.82, 2.24) is 9.97 Å². The maximum absolute atomic E-state index is 15.2. The Labute approximate surface area is 236 Å². The minimum atomic E-state index is -3.34. The molecule has 4 rings (SSSR count). The number of aromatic nitrogens is 2. The molecule has 0 aliphatic carbocycles. The summed E-state index contributed by atoms with van der Waals surface area (Å²) in [4.78, 5) is 8.80. The SMILES string of the molecule is CCCCCCCOc1cnc(CCc2ccc3c(F)c(CCc4cc(F)c(OC(F)F)c(F)c4)ccc3c2)nc1. The van der Waals surface area contributed by atoms with E-state index in [2.05, 4.69) is 21.6 Å². The van der Waals surface area contributed by atoms with Crippen LogP contribution in [0.15, 0.2) is 54.9 Å². The number of alkyl halides is 2. The molecule has 0 unspecified atom stereocenters. The van der Waals surface area contributed by atoms with Gasteiger partial charge in [-0.3, -0.25) is 0 Å². The molecule has 218 valence electrons. The number of halogens is 5. The Bertz CT molecular complexity index is 1410. The number of benzene rings is 3. The van der Waals surface area contributed by atoms with Crippen molar-refractivity contribution >= 4 is 10.8 Å². The Morgan fingerprint density at radius 3 is 2.17 bits per heavy atom. The van der Waals surface area contributed by atoms with Crippen LogP contribution in [0.2, 0.25) is 0 Å². The number of nitrogens with zero attached hydrogens (tertiary/aromatic N) is 2. The molecule has 9 heteroatoms. The van der Waals surface area contributed by atoms with E-state index in [1.54, 1.807) is 24.5 Å². The first-order chi connectivity index (χ1) is 19.8. The third-order valence-corrected chi connectivity index (χ3v) is 6.88. The van der Waals surface area contributed by atoms with Gasteiger partial charge in [-0.15, -0.1) is 0 Å². The van der Waals surface area contributed by atoms with Crippen molar-refractivity contribution in [2.75, 3.05) is 6.61 Å². The molecule has 0 radical (unpaired) electrons. The molecule has 0 aliphatic heterocycles. The summed E-state index contributed by atoms with van der Waals surface area (Å²) in [5.74, 6) is -2.63. The Morgan fingerprint density at radius 1 is 0.756 bits per heavy atom. The number of hydrogen-bond acceptors (Lipinski definition) is 4. The molecule has 0 amide bonds. The largest absolute Gasteiger partial charge is 0.490 e. The Kier molecular flexibility index (Phi) is 10.9. The highest BCUT2D eigenvalue weighted by Gasteiger charge is 2.17. The normalized spacial score (nSPS) is 11.4. The van der Waals surface area contributed by atoms with Crippen molar-refractivity contribution in [3.05, 3.63) is 94.8 Å². The van der Waals surface area contributed by atoms with E-state index in [9.17, 15) is 17.6 Å². The lowest BCUT2D eigenvalue weighted by molar-refractivity contribution is -0.0546. The zero-order valence-corrected chi connectivity index (χ0v) is 22.9. The maximum atomic E-state index is 15.2. The second-order valence-electron chi connectivity index (χ2n) is 9.96. The lowest BCUT2D eigenvalue weighted by atomic mass is 9.98. The molecule has 1 aromatic heterocycles. The molecule has 3 aromatic carbocycles. The van der Waals surface area contributed by atoms with Crippen LogP contribution >= 0.6 is 0 Å². The van der Waals surface area contributed by atoms with Crippen LogP contribution < -0.4 is 9.47 Å². The van der Waals surface area contributed by atoms with E-state index >= 15 is 4.39 Å². The van der Waals surface area contributed by atoms with Gasteiger partial charge in [-0.1, -0.05) is 62.9 Å². The summed E-state index contributed by atoms with van der Waals surface area (Å²) >= 11 is 0. The summed E-state index contributed by atoms with van der Waals surface area (Å²) in [7, 11) is 0. The minimum absolute atomic E-state index is 0.117. The second kappa shape index (κ2) is 14.8. The molecule has 0 atom stereocenters. The van der Waals surface area contributed by atoms with Crippen LogP contribution in [0.4, 0.5) is 22.0 Å². The average Bonchev–Trinajstić information content (AvgIpc) is 2.96. The molecule has 0 aliphatic rings. The highest BCUT2D eigenvalue weighted by atomic mass is 19.3. The lowest BCUT2D eigenvalue weighted by Crippen LogP contribution is -2.06. The van der Waals surface area contributed by atoms with Gasteiger partial charge in [0.25, 0.3) is 0 Å². The minimum Gasteiger partial charge on any atom is -0.490 e. The Balaban J connectivity index is 1.32. The smallest absolute Gasteiger partial charge is 0.387 e. The molecule has 0 fully saturated rings. The summed E-state index contributed by atoms with van der Waals surface area (Å²) in [5, 5.41) is 1.18. The quantitative estimate of drug-likeness (QED) is 0.106. The first-order valence-corrected chi connectivity index (χ1v) is 13.9. The molecular formula is C32H33F5N2O2. The van der Waals surface area contributed by atoms with E-state index in [1.807, 2.05) is 18.2 Å². The Morgan fingerprint density at radius 2 is 1.46 bits per heavy atom. The van der Waals surface area contributed by atoms with Gasteiger partial charge in [-0.05, 0) is 59.9 Å². The fourth-order valence-electron chi connectivity index (χ4n) is 4.67. The van der Waals surface area contributed by atoms with Gasteiger partial charge in [0.15, 0.2) is 23.1 Å². The van der Waals surface area contributed by atoms with Gasteiger partial charge in [-0.25, -0.2) is 23.1 Å². The van der Waals surface area contributed by atoms with Gasteiger partial charge < -0.3 is 9.47 Å². The van der Waals surface area contributed by atoms with E-state index in [4.69, 9.17) is 4.74 Å². The van der Waals surface area contributed by atoms with E-state index in [0.717, 1.165) is 35.9 Å². The fraction of sp³-hybridized carbons (Fsp3) is 0.375. The number of hydrogen-bond donors (Lipinski definition) is 0. The van der Waals surface area contributed by atoms with Crippen molar-refractivity contribution in [2.45, 2.75) is 71.3 Å². The predicted molar refractivity (Wildman–Crippen MR) is 148 cm³/mol. The number of fused-ring (bicyclic) bond motifs is 1. The zero-order chi connectivity index (χ0) is 29.2. The van der Waals surface area contributed by atoms with Crippen LogP contribution in [0.3, 0.4) is 0 Å². The maximum Gasteiger partial charge on any atom is 0.387 e. The topological polar surface area (TPSA) is 44.2 Å². The molecule has 4 nitrogen and oxygen atoms in total. The highest BCUT2D eigenvalue weighted by Crippen LogP contribution is 2.27. The third kappa shape index (κ3) is 8.62. The monoisotopic (exact) mass is 572 g/mol. The molecule has 0 bridgehead atoms. The first-order valence-electron chi connectivity index (χ1n) is 13.9. The highest BCUT2D eigenvalue weighted by molar-refractivity contribution is 5.84. The molecule has 0 saturated heterocycles. The van der Waals surface area contributed by atoms with Crippen LogP contribution in [-0.4, -0.2) is 23.2 Å². The van der Waals surface area contributed by atoms with Crippen LogP contribution in [-0.2, 0) is 25.7 Å². The van der Waals surface area contributed by atoms with Gasteiger partial charge in [0, 0.05) is 11.8 Å². The van der Waals surface area contributed by atoms with Crippen molar-refractivity contribution < 1.29 is 31.4 Å². The summed E-state index contributed by atoms with van der Waals surface area (Å²) in [6.45, 7) is -0.494. The molecular weight excluding hydrogens is 539 g/mol. The molecule has 1 heterocycles. The van der Waals surface area contributed by atoms with Crippen LogP contribution in [0.25, 0.3) is 10.8 Å². The van der Waals surface area contributed by atoms with Crippen molar-refractivity contribution in [3.8, 4) is 11.5 Å². The average molecular weight is 573 g/mol. The second-order valence-corrected chi connectivity index (χ2v) is 9.96. The number of ether oxygens (including phenoxy) is 2. The van der Waals surface area contributed by atoms with Gasteiger partial charge >= 0.3 is 6.61 Å². The lowest BCUT2D eigenvalue weighted by Gasteiger charge is -2.11. The predicted octanol–water partition coefficient (Wildman–Crippen LogP) is 8.57. The Hall–Kier alpha value is -3.75. The van der Waals surface area contributed by atoms with E-state index in [0.29, 0.717) is 42.0 Å². The number of unbranched alkanes of at least 4 members (excludes halogenated alkanes) is 4. The van der Waals surface area contributed by atoms with E-state index in [1.165, 1.54) is 19.3 Å². The van der Waals surface area contributed by atoms with Crippen molar-refractivity contribution in [1.29, 1.82) is 0 Å². The molecule has 0 spiro atoms. The summed E-state index contributed by atoms with van der Waals surface area (Å²) in [6, 6.07) is 10.8. The number of rotatable bonds is 15. The van der Waals surface area contributed by atoms with Crippen molar-refractivity contribution in [3.63, 3.8) is 0 Å². The van der Waals surface area contributed by atoms with Crippen molar-refractivity contribution in [2.24, 2.45) is 0 Å². The molecule has 41 heavy (non-hydrogen) atoms. The third-order valence-electron chi connectivity index (χ3n) is 6.88. The molecule has 0 N–H and O–H groups in total. The van der Waals surface area contributed by atoms with Crippen LogP contribution in [0.1, 0.15) is 61.5 Å². The van der Waals surface area contributed by atoms with Gasteiger partial charge in [0.2, 0.25) is 0 Å². The van der Waals surface area contributed by atoms with E-state index in [-0.39, 0.29) is 18.4 Å². The van der Waals surface area contributed by atoms with Crippen LogP contribution in [0.5, 0.6) is 11.5 Å². The first kappa shape index (κ1) is 30.2. The molecule has 4 aromatic rings. The zero-order valence-electron chi connectivity index (χ0n) is 22.9. The fourth-order valence-corrected chi connectivity index (χ4v) is 4.67. The number of aryl methyl sites for hydroxylation is 4. The summed E-state index contributed by atoms with van der Waals surface area (Å²) in [5.41, 5.74) is 1.61. The van der Waals surface area contributed by atoms with E-state index < -0.39 is 29.8 Å². The van der Waals surface area contributed by atoms with Gasteiger partial charge in [0.1, 0.15) is 11.6 Å². The van der Waals surface area contributed by atoms with Gasteiger partial charge in [-0.2, -0.15) is 8.78 Å². The standard InChI is InChI=1S/C32H33F5N2O2/c1-2-3-4-5-6-15-40-25-19-38-29(39-20-25)14-9-21-8-13-26-24(16-21)12-11-23(30(26)35)10-7-22-17-27(33)31(28(34)18-22)41-32(36)37/h8,11-13,16-20,32H,2-7,9-10,14-15H2,1H3. The van der Waals surface area contributed by atoms with Crippen LogP contribution in [0, 0.1) is 17.5 Å².